The molecule has 0 bridgehead atoms. The van der Waals surface area contributed by atoms with E-state index in [1.807, 2.05) is 0 Å². The number of rotatable bonds is 6. The number of carboxylic acids is 1. The lowest BCUT2D eigenvalue weighted by molar-refractivity contribution is -0.141. The first-order valence-electron chi connectivity index (χ1n) is 5.44. The summed E-state index contributed by atoms with van der Waals surface area (Å²) in [6, 6.07) is -0.988. The van der Waals surface area contributed by atoms with E-state index in [-0.39, 0.29) is 19.7 Å². The van der Waals surface area contributed by atoms with Gasteiger partial charge in [0.05, 0.1) is 6.61 Å². The average Bonchev–Trinajstić information content (AvgIpc) is 2.63. The van der Waals surface area contributed by atoms with E-state index in [0.717, 1.165) is 0 Å². The number of aliphatic carboxylic acids is 1. The van der Waals surface area contributed by atoms with Crippen molar-refractivity contribution in [1.29, 1.82) is 0 Å². The van der Waals surface area contributed by atoms with Crippen LogP contribution in [0.2, 0.25) is 0 Å². The zero-order valence-electron chi connectivity index (χ0n) is 9.73. The van der Waals surface area contributed by atoms with Gasteiger partial charge in [0.2, 0.25) is 5.91 Å². The van der Waals surface area contributed by atoms with Gasteiger partial charge in [0, 0.05) is 33.0 Å². The number of hydrogen-bond donors (Lipinski definition) is 4. The largest absolute Gasteiger partial charge is 0.480 e. The third kappa shape index (κ3) is 4.68. The summed E-state index contributed by atoms with van der Waals surface area (Å²) < 4.78 is 5.05. The molecular formula is C10H18N2O5. The van der Waals surface area contributed by atoms with Crippen LogP contribution in [0.4, 0.5) is 0 Å². The molecule has 1 amide bonds. The number of nitrogens with one attached hydrogen (secondary N) is 2. The van der Waals surface area contributed by atoms with Crippen LogP contribution in [0.15, 0.2) is 0 Å². The van der Waals surface area contributed by atoms with E-state index in [4.69, 9.17) is 9.84 Å². The molecule has 2 unspecified atom stereocenters. The van der Waals surface area contributed by atoms with E-state index in [1.54, 1.807) is 0 Å². The minimum atomic E-state index is -1.11. The molecule has 0 radical (unpaired) electrons. The van der Waals surface area contributed by atoms with Crippen LogP contribution in [0.25, 0.3) is 0 Å². The Balaban J connectivity index is 2.31. The van der Waals surface area contributed by atoms with Gasteiger partial charge in [-0.2, -0.15) is 0 Å². The first kappa shape index (κ1) is 13.9. The van der Waals surface area contributed by atoms with E-state index in [0.29, 0.717) is 13.0 Å². The van der Waals surface area contributed by atoms with Gasteiger partial charge in [0.15, 0.2) is 0 Å². The van der Waals surface area contributed by atoms with Gasteiger partial charge in [-0.25, -0.2) is 4.79 Å². The maximum atomic E-state index is 10.8. The molecule has 0 aromatic rings. The summed E-state index contributed by atoms with van der Waals surface area (Å²) in [6.07, 6.45) is 0.526. The van der Waals surface area contributed by atoms with Gasteiger partial charge in [-0.05, 0) is 0 Å². The second-order valence-electron chi connectivity index (χ2n) is 4.25. The quantitative estimate of drug-likeness (QED) is 0.446. The highest BCUT2D eigenvalue weighted by molar-refractivity contribution is 5.82. The molecule has 0 aromatic carbocycles. The zero-order valence-corrected chi connectivity index (χ0v) is 9.73. The Hall–Kier alpha value is -1.18. The van der Waals surface area contributed by atoms with Crippen molar-refractivity contribution in [3.8, 4) is 0 Å². The maximum absolute atomic E-state index is 10.8. The lowest BCUT2D eigenvalue weighted by Crippen LogP contribution is -2.50. The summed E-state index contributed by atoms with van der Waals surface area (Å²) in [5.41, 5.74) is -0.931. The summed E-state index contributed by atoms with van der Waals surface area (Å²) in [5, 5.41) is 23.9. The smallest absolute Gasteiger partial charge is 0.327 e. The number of carboxylic acid groups (broad SMARTS) is 1. The number of carbonyl (C=O) groups is 2. The fourth-order valence-electron chi connectivity index (χ4n) is 1.63. The Kier molecular flexibility index (Phi) is 4.86. The van der Waals surface area contributed by atoms with Crippen LogP contribution in [-0.2, 0) is 14.3 Å². The topological polar surface area (TPSA) is 108 Å². The Morgan fingerprint density at radius 1 is 1.53 bits per heavy atom. The molecule has 0 spiro atoms. The number of aliphatic hydroxyl groups is 1. The van der Waals surface area contributed by atoms with Crippen LogP contribution in [0.1, 0.15) is 13.3 Å². The summed E-state index contributed by atoms with van der Waals surface area (Å²) in [5.74, 6) is -1.51. The SMILES string of the molecule is CC(=O)NC(CNCC1(O)CCOC1)C(=O)O. The van der Waals surface area contributed by atoms with Gasteiger partial charge in [0.25, 0.3) is 0 Å². The van der Waals surface area contributed by atoms with Crippen molar-refractivity contribution in [2.45, 2.75) is 25.0 Å². The number of ether oxygens (including phenoxy) is 1. The summed E-state index contributed by atoms with van der Waals surface area (Å²) in [6.45, 7) is 2.33. The minimum Gasteiger partial charge on any atom is -0.480 e. The van der Waals surface area contributed by atoms with Crippen molar-refractivity contribution < 1.29 is 24.5 Å². The third-order valence-electron chi connectivity index (χ3n) is 2.56. The zero-order chi connectivity index (χ0) is 12.9. The highest BCUT2D eigenvalue weighted by Crippen LogP contribution is 2.16. The van der Waals surface area contributed by atoms with Crippen LogP contribution in [0.5, 0.6) is 0 Å². The van der Waals surface area contributed by atoms with Gasteiger partial charge in [0.1, 0.15) is 11.6 Å². The van der Waals surface area contributed by atoms with E-state index < -0.39 is 23.5 Å². The Bertz CT molecular complexity index is 288. The Morgan fingerprint density at radius 2 is 2.24 bits per heavy atom. The van der Waals surface area contributed by atoms with Gasteiger partial charge in [-0.15, -0.1) is 0 Å². The Labute approximate surface area is 99.1 Å². The average molecular weight is 246 g/mol. The summed E-state index contributed by atoms with van der Waals surface area (Å²) in [4.78, 5) is 21.6. The molecule has 0 aliphatic carbocycles. The summed E-state index contributed by atoms with van der Waals surface area (Å²) >= 11 is 0. The van der Waals surface area contributed by atoms with Crippen molar-refractivity contribution in [3.63, 3.8) is 0 Å². The normalized spacial score (nSPS) is 25.5. The van der Waals surface area contributed by atoms with E-state index in [2.05, 4.69) is 10.6 Å². The first-order chi connectivity index (χ1) is 7.93. The molecule has 0 saturated carbocycles. The molecule has 4 N–H and O–H groups in total. The monoisotopic (exact) mass is 246 g/mol. The van der Waals surface area contributed by atoms with Crippen LogP contribution in [-0.4, -0.2) is 60.0 Å². The number of hydrogen-bond acceptors (Lipinski definition) is 5. The van der Waals surface area contributed by atoms with Crippen molar-refractivity contribution in [1.82, 2.24) is 10.6 Å². The molecule has 1 rings (SSSR count). The van der Waals surface area contributed by atoms with Crippen molar-refractivity contribution in [2.24, 2.45) is 0 Å². The lowest BCUT2D eigenvalue weighted by Gasteiger charge is -2.22. The molecule has 7 heteroatoms. The van der Waals surface area contributed by atoms with Crippen LogP contribution in [0.3, 0.4) is 0 Å². The van der Waals surface area contributed by atoms with E-state index in [9.17, 15) is 14.7 Å². The second-order valence-corrected chi connectivity index (χ2v) is 4.25. The predicted molar refractivity (Wildman–Crippen MR) is 58.5 cm³/mol. The number of amides is 1. The third-order valence-corrected chi connectivity index (χ3v) is 2.56. The first-order valence-corrected chi connectivity index (χ1v) is 5.44. The molecule has 1 saturated heterocycles. The molecule has 2 atom stereocenters. The highest BCUT2D eigenvalue weighted by atomic mass is 16.5. The molecular weight excluding hydrogens is 228 g/mol. The second kappa shape index (κ2) is 5.95. The molecule has 7 nitrogen and oxygen atoms in total. The predicted octanol–water partition coefficient (Wildman–Crippen LogP) is -1.68. The molecule has 1 fully saturated rings. The standard InChI is InChI=1S/C10H18N2O5/c1-7(13)12-8(9(14)15)4-11-5-10(16)2-3-17-6-10/h8,11,16H,2-6H2,1H3,(H,12,13)(H,14,15). The van der Waals surface area contributed by atoms with Crippen LogP contribution >= 0.6 is 0 Å². The molecule has 1 aliphatic heterocycles. The Morgan fingerprint density at radius 3 is 2.71 bits per heavy atom. The van der Waals surface area contributed by atoms with E-state index in [1.165, 1.54) is 6.92 Å². The fraction of sp³-hybridized carbons (Fsp3) is 0.800. The van der Waals surface area contributed by atoms with Gasteiger partial charge in [-0.1, -0.05) is 0 Å². The lowest BCUT2D eigenvalue weighted by atomic mass is 10.0. The van der Waals surface area contributed by atoms with Gasteiger partial charge >= 0.3 is 5.97 Å². The molecule has 1 heterocycles. The van der Waals surface area contributed by atoms with Crippen molar-refractivity contribution in [2.75, 3.05) is 26.3 Å². The van der Waals surface area contributed by atoms with Gasteiger partial charge in [-0.3, -0.25) is 4.79 Å². The van der Waals surface area contributed by atoms with Crippen molar-refractivity contribution in [3.05, 3.63) is 0 Å². The molecule has 0 aromatic heterocycles. The molecule has 98 valence electrons. The van der Waals surface area contributed by atoms with Crippen LogP contribution < -0.4 is 10.6 Å². The molecule has 1 aliphatic rings. The van der Waals surface area contributed by atoms with Crippen molar-refractivity contribution >= 4 is 11.9 Å². The summed E-state index contributed by atoms with van der Waals surface area (Å²) in [7, 11) is 0. The van der Waals surface area contributed by atoms with Crippen LogP contribution in [0, 0.1) is 0 Å². The highest BCUT2D eigenvalue weighted by Gasteiger charge is 2.32. The minimum absolute atomic E-state index is 0.0667. The van der Waals surface area contributed by atoms with Gasteiger partial charge < -0.3 is 25.6 Å². The fourth-order valence-corrected chi connectivity index (χ4v) is 1.63. The number of carbonyl (C=O) groups excluding carboxylic acids is 1. The maximum Gasteiger partial charge on any atom is 0.327 e. The molecule has 17 heavy (non-hydrogen) atoms. The van der Waals surface area contributed by atoms with E-state index >= 15 is 0 Å².